The van der Waals surface area contributed by atoms with Gasteiger partial charge in [-0.15, -0.1) is 0 Å². The molecule has 19 heavy (non-hydrogen) atoms. The average Bonchev–Trinajstić information content (AvgIpc) is 2.40. The van der Waals surface area contributed by atoms with Crippen molar-refractivity contribution in [1.82, 2.24) is 0 Å². The number of aliphatic hydroxyl groups excluding tert-OH is 1. The molecule has 0 aliphatic carbocycles. The smallest absolute Gasteiger partial charge is 0.0696 e. The summed E-state index contributed by atoms with van der Waals surface area (Å²) in [5, 5.41) is 9.86. The summed E-state index contributed by atoms with van der Waals surface area (Å²) in [6, 6.07) is 14.4. The van der Waals surface area contributed by atoms with Gasteiger partial charge in [-0.1, -0.05) is 55.8 Å². The van der Waals surface area contributed by atoms with Crippen molar-refractivity contribution in [2.45, 2.75) is 26.9 Å². The van der Waals surface area contributed by atoms with Crippen LogP contribution in [0.5, 0.6) is 0 Å². The van der Waals surface area contributed by atoms with Gasteiger partial charge in [-0.25, -0.2) is 0 Å². The SMILES string of the molecule is CC(C)Cc1ccc(-c2ccc(Cl)c(CO)c2)cc1. The fraction of sp³-hybridized carbons (Fsp3) is 0.294. The summed E-state index contributed by atoms with van der Waals surface area (Å²) in [7, 11) is 0. The third-order valence-corrected chi connectivity index (χ3v) is 3.52. The second-order valence-electron chi connectivity index (χ2n) is 5.26. The lowest BCUT2D eigenvalue weighted by Gasteiger charge is -2.08. The van der Waals surface area contributed by atoms with Crippen LogP contribution in [-0.4, -0.2) is 5.11 Å². The van der Waals surface area contributed by atoms with Gasteiger partial charge in [0.1, 0.15) is 0 Å². The van der Waals surface area contributed by atoms with Crippen LogP contribution in [0.3, 0.4) is 0 Å². The molecule has 0 aromatic heterocycles. The summed E-state index contributed by atoms with van der Waals surface area (Å²) in [5.74, 6) is 0.669. The van der Waals surface area contributed by atoms with E-state index in [-0.39, 0.29) is 6.61 Å². The number of halogens is 1. The van der Waals surface area contributed by atoms with Crippen molar-refractivity contribution in [3.05, 3.63) is 58.6 Å². The molecule has 1 N–H and O–H groups in total. The van der Waals surface area contributed by atoms with Crippen molar-refractivity contribution in [2.24, 2.45) is 5.92 Å². The molecule has 0 saturated heterocycles. The Kier molecular flexibility index (Phi) is 4.62. The van der Waals surface area contributed by atoms with E-state index in [1.165, 1.54) is 5.56 Å². The molecule has 0 aliphatic rings. The zero-order valence-corrected chi connectivity index (χ0v) is 12.1. The minimum Gasteiger partial charge on any atom is -0.392 e. The molecule has 0 heterocycles. The molecule has 2 aromatic carbocycles. The molecule has 2 aromatic rings. The monoisotopic (exact) mass is 274 g/mol. The molecule has 0 spiro atoms. The van der Waals surface area contributed by atoms with Crippen molar-refractivity contribution < 1.29 is 5.11 Å². The van der Waals surface area contributed by atoms with Gasteiger partial charge in [-0.05, 0) is 46.7 Å². The van der Waals surface area contributed by atoms with Crippen molar-refractivity contribution in [1.29, 1.82) is 0 Å². The molecule has 100 valence electrons. The third kappa shape index (κ3) is 3.59. The van der Waals surface area contributed by atoms with Gasteiger partial charge in [0, 0.05) is 5.02 Å². The summed E-state index contributed by atoms with van der Waals surface area (Å²) in [5.41, 5.74) is 4.36. The molecular formula is C17H19ClO. The molecular weight excluding hydrogens is 256 g/mol. The van der Waals surface area contributed by atoms with Crippen LogP contribution in [0.25, 0.3) is 11.1 Å². The Hall–Kier alpha value is -1.31. The van der Waals surface area contributed by atoms with E-state index in [9.17, 15) is 5.11 Å². The van der Waals surface area contributed by atoms with Crippen LogP contribution in [0.4, 0.5) is 0 Å². The van der Waals surface area contributed by atoms with Gasteiger partial charge in [-0.3, -0.25) is 0 Å². The van der Waals surface area contributed by atoms with E-state index in [4.69, 9.17) is 11.6 Å². The standard InChI is InChI=1S/C17H19ClO/c1-12(2)9-13-3-5-14(6-4-13)15-7-8-17(18)16(10-15)11-19/h3-8,10,12,19H,9,11H2,1-2H3. The van der Waals surface area contributed by atoms with Crippen molar-refractivity contribution in [3.63, 3.8) is 0 Å². The van der Waals surface area contributed by atoms with Crippen LogP contribution >= 0.6 is 11.6 Å². The molecule has 0 saturated carbocycles. The molecule has 0 aliphatic heterocycles. The van der Waals surface area contributed by atoms with Gasteiger partial charge in [0.25, 0.3) is 0 Å². The van der Waals surface area contributed by atoms with Crippen LogP contribution in [0, 0.1) is 5.92 Å². The minimum absolute atomic E-state index is 0.0297. The highest BCUT2D eigenvalue weighted by molar-refractivity contribution is 6.31. The van der Waals surface area contributed by atoms with Gasteiger partial charge >= 0.3 is 0 Å². The summed E-state index contributed by atoms with van der Waals surface area (Å²) in [6.07, 6.45) is 1.10. The first-order valence-corrected chi connectivity index (χ1v) is 6.96. The quantitative estimate of drug-likeness (QED) is 0.857. The second-order valence-corrected chi connectivity index (χ2v) is 5.67. The van der Waals surface area contributed by atoms with Gasteiger partial charge < -0.3 is 5.11 Å². The van der Waals surface area contributed by atoms with Crippen molar-refractivity contribution >= 4 is 11.6 Å². The summed E-state index contributed by atoms with van der Waals surface area (Å²) >= 11 is 6.01. The van der Waals surface area contributed by atoms with Gasteiger partial charge in [-0.2, -0.15) is 0 Å². The lowest BCUT2D eigenvalue weighted by Crippen LogP contribution is -1.93. The first-order chi connectivity index (χ1) is 9.10. The molecule has 0 amide bonds. The largest absolute Gasteiger partial charge is 0.392 e. The first-order valence-electron chi connectivity index (χ1n) is 6.58. The van der Waals surface area contributed by atoms with Crippen LogP contribution in [0.2, 0.25) is 5.02 Å². The maximum absolute atomic E-state index is 9.25. The highest BCUT2D eigenvalue weighted by Gasteiger charge is 2.04. The van der Waals surface area contributed by atoms with E-state index in [0.717, 1.165) is 23.1 Å². The zero-order valence-electron chi connectivity index (χ0n) is 11.4. The number of aliphatic hydroxyl groups is 1. The Bertz CT molecular complexity index is 544. The lowest BCUT2D eigenvalue weighted by atomic mass is 9.98. The van der Waals surface area contributed by atoms with E-state index in [1.807, 2.05) is 18.2 Å². The Morgan fingerprint density at radius 2 is 1.63 bits per heavy atom. The van der Waals surface area contributed by atoms with Crippen molar-refractivity contribution in [2.75, 3.05) is 0 Å². The van der Waals surface area contributed by atoms with E-state index < -0.39 is 0 Å². The summed E-state index contributed by atoms with van der Waals surface area (Å²) in [4.78, 5) is 0. The zero-order chi connectivity index (χ0) is 13.8. The van der Waals surface area contributed by atoms with Crippen LogP contribution in [0.1, 0.15) is 25.0 Å². The topological polar surface area (TPSA) is 20.2 Å². The Balaban J connectivity index is 2.27. The van der Waals surface area contributed by atoms with E-state index in [0.29, 0.717) is 10.9 Å². The molecule has 2 heteroatoms. The first kappa shape index (κ1) is 14.1. The van der Waals surface area contributed by atoms with Crippen molar-refractivity contribution in [3.8, 4) is 11.1 Å². The molecule has 2 rings (SSSR count). The fourth-order valence-corrected chi connectivity index (χ4v) is 2.36. The predicted octanol–water partition coefficient (Wildman–Crippen LogP) is 4.70. The number of hydrogen-bond donors (Lipinski definition) is 1. The molecule has 0 atom stereocenters. The predicted molar refractivity (Wildman–Crippen MR) is 81.4 cm³/mol. The van der Waals surface area contributed by atoms with Crippen LogP contribution in [0.15, 0.2) is 42.5 Å². The van der Waals surface area contributed by atoms with Gasteiger partial charge in [0.2, 0.25) is 0 Å². The normalized spacial score (nSPS) is 11.0. The maximum atomic E-state index is 9.25. The van der Waals surface area contributed by atoms with Crippen LogP contribution < -0.4 is 0 Å². The second kappa shape index (κ2) is 6.23. The number of hydrogen-bond acceptors (Lipinski definition) is 1. The summed E-state index contributed by atoms with van der Waals surface area (Å²) in [6.45, 7) is 4.42. The third-order valence-electron chi connectivity index (χ3n) is 3.15. The van der Waals surface area contributed by atoms with E-state index in [2.05, 4.69) is 38.1 Å². The molecule has 0 radical (unpaired) electrons. The highest BCUT2D eigenvalue weighted by Crippen LogP contribution is 2.26. The summed E-state index contributed by atoms with van der Waals surface area (Å²) < 4.78 is 0. The van der Waals surface area contributed by atoms with Gasteiger partial charge in [0.05, 0.1) is 6.61 Å². The van der Waals surface area contributed by atoms with Crippen LogP contribution in [-0.2, 0) is 13.0 Å². The van der Waals surface area contributed by atoms with E-state index in [1.54, 1.807) is 0 Å². The lowest BCUT2D eigenvalue weighted by molar-refractivity contribution is 0.282. The maximum Gasteiger partial charge on any atom is 0.0696 e. The van der Waals surface area contributed by atoms with E-state index >= 15 is 0 Å². The highest BCUT2D eigenvalue weighted by atomic mass is 35.5. The Labute approximate surface area is 119 Å². The average molecular weight is 275 g/mol. The molecule has 1 nitrogen and oxygen atoms in total. The molecule has 0 unspecified atom stereocenters. The molecule has 0 fully saturated rings. The van der Waals surface area contributed by atoms with Gasteiger partial charge in [0.15, 0.2) is 0 Å². The minimum atomic E-state index is -0.0297. The Morgan fingerprint density at radius 3 is 2.21 bits per heavy atom. The fourth-order valence-electron chi connectivity index (χ4n) is 2.18. The number of rotatable bonds is 4. The molecule has 0 bridgehead atoms. The number of benzene rings is 2. The Morgan fingerprint density at radius 1 is 1.00 bits per heavy atom.